The van der Waals surface area contributed by atoms with Crippen molar-refractivity contribution in [1.29, 1.82) is 0 Å². The third-order valence-electron chi connectivity index (χ3n) is 2.39. The van der Waals surface area contributed by atoms with Crippen LogP contribution in [0.25, 0.3) is 0 Å². The monoisotopic (exact) mass is 258 g/mol. The molecule has 0 aromatic heterocycles. The summed E-state index contributed by atoms with van der Waals surface area (Å²) >= 11 is 0. The number of amides is 2. The zero-order valence-electron chi connectivity index (χ0n) is 11.5. The molecule has 1 unspecified atom stereocenters. The molecular formula is C12H22N2O4. The maximum absolute atomic E-state index is 11.8. The van der Waals surface area contributed by atoms with E-state index in [9.17, 15) is 9.59 Å². The molecule has 0 radical (unpaired) electrons. The summed E-state index contributed by atoms with van der Waals surface area (Å²) in [6.45, 7) is 8.77. The van der Waals surface area contributed by atoms with Gasteiger partial charge in [-0.2, -0.15) is 0 Å². The van der Waals surface area contributed by atoms with Gasteiger partial charge in [0.15, 0.2) is 0 Å². The van der Waals surface area contributed by atoms with Gasteiger partial charge in [-0.25, -0.2) is 9.59 Å². The Kier molecular flexibility index (Phi) is 4.81. The average molecular weight is 258 g/mol. The van der Waals surface area contributed by atoms with Crippen molar-refractivity contribution in [3.63, 3.8) is 0 Å². The van der Waals surface area contributed by atoms with Crippen molar-refractivity contribution in [2.75, 3.05) is 19.6 Å². The molecule has 6 heteroatoms. The van der Waals surface area contributed by atoms with Gasteiger partial charge in [0, 0.05) is 19.5 Å². The lowest BCUT2D eigenvalue weighted by Crippen LogP contribution is -2.37. The van der Waals surface area contributed by atoms with Gasteiger partial charge in [-0.3, -0.25) is 0 Å². The lowest BCUT2D eigenvalue weighted by atomic mass is 10.2. The van der Waals surface area contributed by atoms with E-state index in [2.05, 4.69) is 5.32 Å². The van der Waals surface area contributed by atoms with Crippen LogP contribution in [0, 0.1) is 0 Å². The van der Waals surface area contributed by atoms with E-state index in [4.69, 9.17) is 9.47 Å². The van der Waals surface area contributed by atoms with E-state index in [0.29, 0.717) is 26.1 Å². The van der Waals surface area contributed by atoms with Gasteiger partial charge in [-0.1, -0.05) is 0 Å². The van der Waals surface area contributed by atoms with Crippen LogP contribution in [0.2, 0.25) is 0 Å². The summed E-state index contributed by atoms with van der Waals surface area (Å²) < 4.78 is 10.4. The smallest absolute Gasteiger partial charge is 0.410 e. The van der Waals surface area contributed by atoms with Crippen LogP contribution in [0.15, 0.2) is 0 Å². The fourth-order valence-corrected chi connectivity index (χ4v) is 1.65. The van der Waals surface area contributed by atoms with Gasteiger partial charge in [0.05, 0.1) is 6.54 Å². The summed E-state index contributed by atoms with van der Waals surface area (Å²) in [6, 6.07) is 0. The van der Waals surface area contributed by atoms with Crippen LogP contribution < -0.4 is 5.32 Å². The number of carbonyl (C=O) groups excluding carboxylic acids is 2. The van der Waals surface area contributed by atoms with E-state index in [1.165, 1.54) is 0 Å². The first-order chi connectivity index (χ1) is 8.31. The number of alkyl carbamates (subject to hydrolysis) is 1. The van der Waals surface area contributed by atoms with Gasteiger partial charge in [0.2, 0.25) is 0 Å². The van der Waals surface area contributed by atoms with Crippen molar-refractivity contribution in [3.05, 3.63) is 0 Å². The van der Waals surface area contributed by atoms with E-state index in [-0.39, 0.29) is 12.2 Å². The molecular weight excluding hydrogens is 236 g/mol. The highest BCUT2D eigenvalue weighted by Crippen LogP contribution is 2.17. The van der Waals surface area contributed by atoms with Crippen molar-refractivity contribution in [2.24, 2.45) is 0 Å². The van der Waals surface area contributed by atoms with E-state index in [1.54, 1.807) is 4.90 Å². The molecule has 1 atom stereocenters. The first kappa shape index (κ1) is 14.6. The number of ether oxygens (including phenoxy) is 2. The molecule has 0 aromatic rings. The molecule has 104 valence electrons. The molecule has 1 saturated heterocycles. The zero-order valence-corrected chi connectivity index (χ0v) is 11.5. The maximum atomic E-state index is 11.8. The molecule has 1 aliphatic heterocycles. The summed E-state index contributed by atoms with van der Waals surface area (Å²) in [5.41, 5.74) is -0.504. The average Bonchev–Trinajstić information content (AvgIpc) is 2.63. The number of likely N-dealkylation sites (tertiary alicyclic amines) is 1. The Labute approximate surface area is 108 Å². The summed E-state index contributed by atoms with van der Waals surface area (Å²) in [5.74, 6) is 0. The van der Waals surface area contributed by atoms with Crippen LogP contribution in [-0.2, 0) is 9.47 Å². The minimum absolute atomic E-state index is 0.246. The van der Waals surface area contributed by atoms with Crippen LogP contribution in [-0.4, -0.2) is 48.4 Å². The predicted molar refractivity (Wildman–Crippen MR) is 66.4 cm³/mol. The molecule has 0 aromatic carbocycles. The normalized spacial score (nSPS) is 19.6. The number of nitrogens with zero attached hydrogens (tertiary/aromatic N) is 1. The van der Waals surface area contributed by atoms with Crippen molar-refractivity contribution in [1.82, 2.24) is 10.2 Å². The minimum atomic E-state index is -0.504. The highest BCUT2D eigenvalue weighted by Gasteiger charge is 2.31. The van der Waals surface area contributed by atoms with Crippen molar-refractivity contribution >= 4 is 12.2 Å². The lowest BCUT2D eigenvalue weighted by molar-refractivity contribution is 0.0259. The van der Waals surface area contributed by atoms with Crippen LogP contribution in [0.3, 0.4) is 0 Å². The molecule has 0 spiro atoms. The van der Waals surface area contributed by atoms with E-state index in [0.717, 1.165) is 0 Å². The Bertz CT molecular complexity index is 312. The molecule has 1 heterocycles. The summed E-state index contributed by atoms with van der Waals surface area (Å²) in [7, 11) is 0. The van der Waals surface area contributed by atoms with Gasteiger partial charge >= 0.3 is 12.2 Å². The Morgan fingerprint density at radius 3 is 2.61 bits per heavy atom. The first-order valence-corrected chi connectivity index (χ1v) is 6.24. The Balaban J connectivity index is 2.37. The second-order valence-electron chi connectivity index (χ2n) is 5.27. The molecule has 0 bridgehead atoms. The van der Waals surface area contributed by atoms with Gasteiger partial charge in [0.1, 0.15) is 11.7 Å². The molecule has 0 saturated carbocycles. The maximum Gasteiger partial charge on any atom is 0.410 e. The van der Waals surface area contributed by atoms with E-state index < -0.39 is 11.7 Å². The van der Waals surface area contributed by atoms with Crippen molar-refractivity contribution in [3.8, 4) is 0 Å². The fourth-order valence-electron chi connectivity index (χ4n) is 1.65. The fraction of sp³-hybridized carbons (Fsp3) is 0.833. The Hall–Kier alpha value is -1.46. The molecule has 6 nitrogen and oxygen atoms in total. The van der Waals surface area contributed by atoms with Crippen LogP contribution in [0.1, 0.15) is 34.1 Å². The molecule has 1 rings (SSSR count). The second kappa shape index (κ2) is 5.93. The number of hydrogen-bond donors (Lipinski definition) is 1. The van der Waals surface area contributed by atoms with Gasteiger partial charge in [-0.05, 0) is 27.7 Å². The van der Waals surface area contributed by atoms with Crippen LogP contribution in [0.4, 0.5) is 9.59 Å². The number of rotatable bonds is 2. The van der Waals surface area contributed by atoms with Gasteiger partial charge < -0.3 is 19.7 Å². The minimum Gasteiger partial charge on any atom is -0.444 e. The predicted octanol–water partition coefficient (Wildman–Crippen LogP) is 1.74. The van der Waals surface area contributed by atoms with Crippen LogP contribution >= 0.6 is 0 Å². The molecule has 0 aliphatic carbocycles. The van der Waals surface area contributed by atoms with Gasteiger partial charge in [0.25, 0.3) is 0 Å². The lowest BCUT2D eigenvalue weighted by Gasteiger charge is -2.24. The SMILES string of the molecule is CCNC(=O)OC1CCN(C(=O)OC(C)(C)C)C1. The number of hydrogen-bond acceptors (Lipinski definition) is 4. The summed E-state index contributed by atoms with van der Waals surface area (Å²) in [6.07, 6.45) is -0.391. The largest absolute Gasteiger partial charge is 0.444 e. The van der Waals surface area contributed by atoms with Crippen molar-refractivity contribution < 1.29 is 19.1 Å². The topological polar surface area (TPSA) is 67.9 Å². The standard InChI is InChI=1S/C12H22N2O4/c1-5-13-10(15)17-9-6-7-14(8-9)11(16)18-12(2,3)4/h9H,5-8H2,1-4H3,(H,13,15). The zero-order chi connectivity index (χ0) is 13.8. The molecule has 1 fully saturated rings. The number of carbonyl (C=O) groups is 2. The summed E-state index contributed by atoms with van der Waals surface area (Å²) in [5, 5.41) is 2.56. The van der Waals surface area contributed by atoms with Crippen LogP contribution in [0.5, 0.6) is 0 Å². The molecule has 1 aliphatic rings. The quantitative estimate of drug-likeness (QED) is 0.819. The summed E-state index contributed by atoms with van der Waals surface area (Å²) in [4.78, 5) is 24.6. The molecule has 2 amide bonds. The van der Waals surface area contributed by atoms with E-state index >= 15 is 0 Å². The first-order valence-electron chi connectivity index (χ1n) is 6.24. The third-order valence-corrected chi connectivity index (χ3v) is 2.39. The second-order valence-corrected chi connectivity index (χ2v) is 5.27. The highest BCUT2D eigenvalue weighted by molar-refractivity contribution is 5.69. The number of nitrogens with one attached hydrogen (secondary N) is 1. The van der Waals surface area contributed by atoms with E-state index in [1.807, 2.05) is 27.7 Å². The Morgan fingerprint density at radius 1 is 1.39 bits per heavy atom. The third kappa shape index (κ3) is 4.81. The Morgan fingerprint density at radius 2 is 2.06 bits per heavy atom. The highest BCUT2D eigenvalue weighted by atomic mass is 16.6. The van der Waals surface area contributed by atoms with Crippen molar-refractivity contribution in [2.45, 2.75) is 45.8 Å². The molecule has 18 heavy (non-hydrogen) atoms. The van der Waals surface area contributed by atoms with Gasteiger partial charge in [-0.15, -0.1) is 0 Å². The molecule has 1 N–H and O–H groups in total.